The van der Waals surface area contributed by atoms with E-state index in [4.69, 9.17) is 4.74 Å². The van der Waals surface area contributed by atoms with Gasteiger partial charge in [0.15, 0.2) is 0 Å². The minimum absolute atomic E-state index is 0.143. The van der Waals surface area contributed by atoms with E-state index in [9.17, 15) is 9.59 Å². The van der Waals surface area contributed by atoms with Gasteiger partial charge in [-0.1, -0.05) is 18.2 Å². The lowest BCUT2D eigenvalue weighted by Crippen LogP contribution is -2.50. The van der Waals surface area contributed by atoms with Crippen molar-refractivity contribution in [3.8, 4) is 5.75 Å². The highest BCUT2D eigenvalue weighted by Gasteiger charge is 2.21. The summed E-state index contributed by atoms with van der Waals surface area (Å²) in [5.41, 5.74) is -0.480. The number of aromatic nitrogens is 2. The molecule has 0 aliphatic carbocycles. The summed E-state index contributed by atoms with van der Waals surface area (Å²) in [4.78, 5) is 29.4. The molecule has 1 aromatic heterocycles. The molecule has 0 spiro atoms. The summed E-state index contributed by atoms with van der Waals surface area (Å²) in [6.45, 7) is 8.81. The van der Waals surface area contributed by atoms with Crippen molar-refractivity contribution in [1.82, 2.24) is 14.0 Å². The largest absolute Gasteiger partial charge is 0.494 e. The number of ether oxygens (including phenoxy) is 1. The maximum absolute atomic E-state index is 12.5. The normalized spacial score (nSPS) is 15.2. The van der Waals surface area contributed by atoms with Crippen LogP contribution in [-0.2, 0) is 7.05 Å². The molecule has 2 heterocycles. The molecule has 7 nitrogen and oxygen atoms in total. The van der Waals surface area contributed by atoms with E-state index in [0.29, 0.717) is 12.4 Å². The molecule has 2 aromatic rings. The van der Waals surface area contributed by atoms with Gasteiger partial charge in [0.25, 0.3) is 5.56 Å². The van der Waals surface area contributed by atoms with Gasteiger partial charge in [-0.2, -0.15) is 0 Å². The first kappa shape index (κ1) is 20.2. The van der Waals surface area contributed by atoms with Crippen molar-refractivity contribution < 1.29 is 4.74 Å². The van der Waals surface area contributed by atoms with Gasteiger partial charge in [0, 0.05) is 51.9 Å². The van der Waals surface area contributed by atoms with E-state index in [2.05, 4.69) is 9.80 Å². The molecule has 1 aliphatic rings. The van der Waals surface area contributed by atoms with Gasteiger partial charge in [-0.25, -0.2) is 4.79 Å². The third-order valence-corrected chi connectivity index (χ3v) is 5.17. The van der Waals surface area contributed by atoms with E-state index >= 15 is 0 Å². The fourth-order valence-electron chi connectivity index (χ4n) is 3.60. The van der Waals surface area contributed by atoms with Crippen molar-refractivity contribution in [2.75, 3.05) is 44.2 Å². The predicted molar refractivity (Wildman–Crippen MR) is 112 cm³/mol. The summed E-state index contributed by atoms with van der Waals surface area (Å²) in [5, 5.41) is 0. The molecule has 0 bridgehead atoms. The summed E-state index contributed by atoms with van der Waals surface area (Å²) in [6, 6.07) is 11.3. The van der Waals surface area contributed by atoms with E-state index < -0.39 is 0 Å². The number of hydrogen-bond donors (Lipinski definition) is 0. The molecule has 0 N–H and O–H groups in total. The quantitative estimate of drug-likeness (QED) is 0.678. The van der Waals surface area contributed by atoms with Crippen LogP contribution < -0.4 is 20.9 Å². The second-order valence-corrected chi connectivity index (χ2v) is 7.49. The zero-order valence-corrected chi connectivity index (χ0v) is 17.0. The lowest BCUT2D eigenvalue weighted by molar-refractivity contribution is 0.224. The number of piperazine rings is 1. The van der Waals surface area contributed by atoms with Gasteiger partial charge in [0.1, 0.15) is 11.6 Å². The Kier molecular flexibility index (Phi) is 6.57. The third kappa shape index (κ3) is 4.65. The number of hydrogen-bond acceptors (Lipinski definition) is 5. The van der Waals surface area contributed by atoms with Gasteiger partial charge in [-0.15, -0.1) is 0 Å². The Morgan fingerprint density at radius 3 is 2.36 bits per heavy atom. The van der Waals surface area contributed by atoms with Crippen molar-refractivity contribution >= 4 is 5.82 Å². The molecule has 1 fully saturated rings. The highest BCUT2D eigenvalue weighted by Crippen LogP contribution is 2.14. The monoisotopic (exact) mass is 386 g/mol. The van der Waals surface area contributed by atoms with Crippen molar-refractivity contribution in [2.24, 2.45) is 7.05 Å². The van der Waals surface area contributed by atoms with Crippen LogP contribution in [0.25, 0.3) is 0 Å². The Morgan fingerprint density at radius 2 is 1.71 bits per heavy atom. The Morgan fingerprint density at radius 1 is 1.04 bits per heavy atom. The van der Waals surface area contributed by atoms with Gasteiger partial charge in [-0.05, 0) is 32.4 Å². The second kappa shape index (κ2) is 9.10. The van der Waals surface area contributed by atoms with Crippen molar-refractivity contribution in [3.05, 3.63) is 57.2 Å². The molecule has 1 aliphatic heterocycles. The highest BCUT2D eigenvalue weighted by atomic mass is 16.5. The molecule has 0 amide bonds. The summed E-state index contributed by atoms with van der Waals surface area (Å²) in [7, 11) is 1.74. The first-order chi connectivity index (χ1) is 13.5. The Bertz CT molecular complexity index is 881. The lowest BCUT2D eigenvalue weighted by Gasteiger charge is -2.36. The maximum Gasteiger partial charge on any atom is 0.332 e. The fraction of sp³-hybridized carbons (Fsp3) is 0.524. The van der Waals surface area contributed by atoms with Crippen LogP contribution in [0, 0.1) is 0 Å². The number of para-hydroxylation sites is 1. The minimum Gasteiger partial charge on any atom is -0.494 e. The van der Waals surface area contributed by atoms with E-state index in [1.807, 2.05) is 44.2 Å². The predicted octanol–water partition coefficient (Wildman–Crippen LogP) is 1.72. The number of anilines is 1. The maximum atomic E-state index is 12.5. The van der Waals surface area contributed by atoms with Gasteiger partial charge < -0.3 is 9.64 Å². The van der Waals surface area contributed by atoms with Crippen LogP contribution in [0.5, 0.6) is 5.75 Å². The zero-order valence-electron chi connectivity index (χ0n) is 17.0. The van der Waals surface area contributed by atoms with E-state index in [1.54, 1.807) is 17.7 Å². The van der Waals surface area contributed by atoms with Crippen LogP contribution in [0.1, 0.15) is 26.3 Å². The topological polar surface area (TPSA) is 59.7 Å². The molecular formula is C21H30N4O3. The van der Waals surface area contributed by atoms with Gasteiger partial charge >= 0.3 is 5.69 Å². The molecule has 0 radical (unpaired) electrons. The lowest BCUT2D eigenvalue weighted by atomic mass is 10.3. The highest BCUT2D eigenvalue weighted by molar-refractivity contribution is 5.39. The van der Waals surface area contributed by atoms with Gasteiger partial charge in [0.05, 0.1) is 6.61 Å². The molecule has 0 unspecified atom stereocenters. The minimum atomic E-state index is -0.252. The molecular weight excluding hydrogens is 356 g/mol. The van der Waals surface area contributed by atoms with Crippen LogP contribution in [0.15, 0.2) is 46.0 Å². The summed E-state index contributed by atoms with van der Waals surface area (Å²) < 4.78 is 8.63. The molecule has 1 aromatic carbocycles. The summed E-state index contributed by atoms with van der Waals surface area (Å²) in [6.07, 6.45) is 0.970. The standard InChI is InChI=1S/C21H30N4O3/c1-17(2)25-20(26)16-19(22(3)21(25)27)24-13-11-23(12-14-24)10-7-15-28-18-8-5-4-6-9-18/h4-6,8-9,16-17H,7,10-15H2,1-3H3. The molecule has 3 rings (SSSR count). The smallest absolute Gasteiger partial charge is 0.332 e. The average molecular weight is 386 g/mol. The van der Waals surface area contributed by atoms with Crippen molar-refractivity contribution in [1.29, 1.82) is 0 Å². The van der Waals surface area contributed by atoms with Gasteiger partial charge in [-0.3, -0.25) is 18.8 Å². The Hall–Kier alpha value is -2.54. The van der Waals surface area contributed by atoms with E-state index in [1.165, 1.54) is 4.57 Å². The van der Waals surface area contributed by atoms with Crippen LogP contribution in [0.3, 0.4) is 0 Å². The van der Waals surface area contributed by atoms with Crippen LogP contribution in [0.2, 0.25) is 0 Å². The zero-order chi connectivity index (χ0) is 20.1. The average Bonchev–Trinajstić information content (AvgIpc) is 2.69. The second-order valence-electron chi connectivity index (χ2n) is 7.49. The first-order valence-corrected chi connectivity index (χ1v) is 9.95. The number of benzene rings is 1. The molecule has 0 atom stereocenters. The third-order valence-electron chi connectivity index (χ3n) is 5.17. The summed E-state index contributed by atoms with van der Waals surface area (Å²) >= 11 is 0. The van der Waals surface area contributed by atoms with E-state index in [0.717, 1.165) is 44.9 Å². The SMILES string of the molecule is CC(C)n1c(=O)cc(N2CCN(CCCOc3ccccc3)CC2)n(C)c1=O. The van der Waals surface area contributed by atoms with Crippen LogP contribution in [0.4, 0.5) is 5.82 Å². The Balaban J connectivity index is 1.51. The number of nitrogens with zero attached hydrogens (tertiary/aromatic N) is 4. The number of rotatable bonds is 7. The first-order valence-electron chi connectivity index (χ1n) is 9.95. The molecule has 28 heavy (non-hydrogen) atoms. The molecule has 7 heteroatoms. The molecule has 0 saturated carbocycles. The van der Waals surface area contributed by atoms with E-state index in [-0.39, 0.29) is 17.3 Å². The Labute approximate surface area is 165 Å². The van der Waals surface area contributed by atoms with Crippen molar-refractivity contribution in [3.63, 3.8) is 0 Å². The summed E-state index contributed by atoms with van der Waals surface area (Å²) in [5.74, 6) is 1.61. The molecule has 1 saturated heterocycles. The van der Waals surface area contributed by atoms with Crippen molar-refractivity contribution in [2.45, 2.75) is 26.3 Å². The molecule has 152 valence electrons. The fourth-order valence-corrected chi connectivity index (χ4v) is 3.60. The van der Waals surface area contributed by atoms with Crippen LogP contribution in [-0.4, -0.2) is 53.4 Å². The van der Waals surface area contributed by atoms with Gasteiger partial charge in [0.2, 0.25) is 0 Å². The van der Waals surface area contributed by atoms with Crippen LogP contribution >= 0.6 is 0 Å².